The van der Waals surface area contributed by atoms with Crippen LogP contribution in [0.3, 0.4) is 0 Å². The first-order valence-corrected chi connectivity index (χ1v) is 5.58. The van der Waals surface area contributed by atoms with Crippen molar-refractivity contribution < 1.29 is 14.8 Å². The van der Waals surface area contributed by atoms with Crippen LogP contribution in [0.2, 0.25) is 0 Å². The Morgan fingerprint density at radius 3 is 2.84 bits per heavy atom. The molecule has 0 saturated carbocycles. The van der Waals surface area contributed by atoms with E-state index in [0.29, 0.717) is 5.16 Å². The number of nitrogens with zero attached hydrogens (tertiary/aromatic N) is 6. The van der Waals surface area contributed by atoms with Crippen molar-refractivity contribution in [3.63, 3.8) is 0 Å². The van der Waals surface area contributed by atoms with Gasteiger partial charge in [0.1, 0.15) is 11.2 Å². The smallest absolute Gasteiger partial charge is 0.338 e. The number of rotatable bonds is 4. The van der Waals surface area contributed by atoms with Crippen LogP contribution in [0.4, 0.5) is 5.69 Å². The summed E-state index contributed by atoms with van der Waals surface area (Å²) in [6, 6.07) is 0.946. The van der Waals surface area contributed by atoms with Gasteiger partial charge in [-0.3, -0.25) is 10.1 Å². The lowest BCUT2D eigenvalue weighted by molar-refractivity contribution is -0.385. The number of carbonyl (C=O) groups is 1. The number of nitro groups is 1. The summed E-state index contributed by atoms with van der Waals surface area (Å²) in [6.45, 7) is 0. The minimum absolute atomic E-state index is 0.0796. The van der Waals surface area contributed by atoms with Gasteiger partial charge in [0.2, 0.25) is 5.16 Å². The van der Waals surface area contributed by atoms with Crippen LogP contribution in [0, 0.1) is 10.1 Å². The van der Waals surface area contributed by atoms with Crippen LogP contribution >= 0.6 is 11.8 Å². The molecule has 11 heteroatoms. The van der Waals surface area contributed by atoms with Gasteiger partial charge in [0, 0.05) is 13.1 Å². The molecule has 2 aromatic rings. The Hall–Kier alpha value is -2.56. The summed E-state index contributed by atoms with van der Waals surface area (Å²) in [5, 5.41) is 30.7. The summed E-state index contributed by atoms with van der Waals surface area (Å²) in [5.41, 5.74) is -0.667. The van der Waals surface area contributed by atoms with Crippen LogP contribution in [-0.2, 0) is 7.05 Å². The summed E-state index contributed by atoms with van der Waals surface area (Å²) >= 11 is 0.909. The van der Waals surface area contributed by atoms with E-state index in [1.54, 1.807) is 7.05 Å². The second-order valence-corrected chi connectivity index (χ2v) is 4.25. The zero-order valence-corrected chi connectivity index (χ0v) is 10.2. The molecule has 0 spiro atoms. The fourth-order valence-electron chi connectivity index (χ4n) is 1.17. The summed E-state index contributed by atoms with van der Waals surface area (Å²) in [7, 11) is 1.58. The zero-order chi connectivity index (χ0) is 14.0. The highest BCUT2D eigenvalue weighted by atomic mass is 32.2. The number of hydrogen-bond donors (Lipinski definition) is 1. The van der Waals surface area contributed by atoms with Crippen molar-refractivity contribution in [1.29, 1.82) is 0 Å². The van der Waals surface area contributed by atoms with Gasteiger partial charge in [-0.2, -0.15) is 0 Å². The van der Waals surface area contributed by atoms with E-state index in [4.69, 9.17) is 5.11 Å². The fourth-order valence-corrected chi connectivity index (χ4v) is 1.95. The molecule has 0 atom stereocenters. The molecular formula is C8H6N6O4S. The minimum Gasteiger partial charge on any atom is -0.478 e. The van der Waals surface area contributed by atoms with E-state index in [2.05, 4.69) is 20.5 Å². The lowest BCUT2D eigenvalue weighted by Gasteiger charge is -2.03. The number of tetrazole rings is 1. The van der Waals surface area contributed by atoms with Crippen molar-refractivity contribution in [3.05, 3.63) is 27.9 Å². The van der Waals surface area contributed by atoms with E-state index in [0.717, 1.165) is 24.0 Å². The summed E-state index contributed by atoms with van der Waals surface area (Å²) in [5.74, 6) is -1.31. The molecule has 0 aliphatic rings. The number of aromatic nitrogens is 5. The van der Waals surface area contributed by atoms with Gasteiger partial charge in [0.15, 0.2) is 0 Å². The van der Waals surface area contributed by atoms with Gasteiger partial charge < -0.3 is 5.11 Å². The Bertz CT molecular complexity index is 656. The molecule has 0 unspecified atom stereocenters. The summed E-state index contributed by atoms with van der Waals surface area (Å²) in [6.07, 6.45) is 0.985. The van der Waals surface area contributed by atoms with Gasteiger partial charge in [0.05, 0.1) is 10.5 Å². The molecule has 0 aliphatic heterocycles. The maximum atomic E-state index is 11.1. The van der Waals surface area contributed by atoms with Crippen molar-refractivity contribution in [2.45, 2.75) is 10.2 Å². The van der Waals surface area contributed by atoms with Crippen LogP contribution in [0.1, 0.15) is 10.4 Å². The molecule has 0 amide bonds. The Morgan fingerprint density at radius 2 is 2.32 bits per heavy atom. The van der Waals surface area contributed by atoms with E-state index in [9.17, 15) is 14.9 Å². The predicted molar refractivity (Wildman–Crippen MR) is 60.8 cm³/mol. The lowest BCUT2D eigenvalue weighted by Crippen LogP contribution is -2.03. The topological polar surface area (TPSA) is 137 Å². The van der Waals surface area contributed by atoms with Gasteiger partial charge in [0.25, 0.3) is 5.69 Å². The van der Waals surface area contributed by atoms with Gasteiger partial charge in [-0.05, 0) is 22.2 Å². The number of pyridine rings is 1. The van der Waals surface area contributed by atoms with E-state index in [1.165, 1.54) is 4.68 Å². The van der Waals surface area contributed by atoms with E-state index in [-0.39, 0.29) is 10.6 Å². The van der Waals surface area contributed by atoms with Gasteiger partial charge >= 0.3 is 5.97 Å². The van der Waals surface area contributed by atoms with Gasteiger partial charge in [-0.25, -0.2) is 14.5 Å². The predicted octanol–water partition coefficient (Wildman–Crippen LogP) is 0.363. The Labute approximate surface area is 109 Å². The van der Waals surface area contributed by atoms with Crippen LogP contribution in [0.25, 0.3) is 0 Å². The third-order valence-electron chi connectivity index (χ3n) is 2.05. The molecule has 2 aromatic heterocycles. The molecule has 0 aromatic carbocycles. The molecule has 1 N–H and O–H groups in total. The largest absolute Gasteiger partial charge is 0.478 e. The van der Waals surface area contributed by atoms with Gasteiger partial charge in [-0.1, -0.05) is 0 Å². The number of carboxylic acids is 1. The average molecular weight is 282 g/mol. The average Bonchev–Trinajstić information content (AvgIpc) is 2.75. The molecule has 0 aliphatic carbocycles. The highest BCUT2D eigenvalue weighted by Crippen LogP contribution is 2.28. The maximum absolute atomic E-state index is 11.1. The standard InChI is InChI=1S/C8H6N6O4S/c1-13-8(10-11-12-13)19-6-5(7(15)16)2-4(3-9-6)14(17)18/h2-3H,1H3,(H,15,16). The zero-order valence-electron chi connectivity index (χ0n) is 9.42. The Balaban J connectivity index is 2.43. The first-order chi connectivity index (χ1) is 8.99. The minimum atomic E-state index is -1.31. The first-order valence-electron chi connectivity index (χ1n) is 4.77. The third-order valence-corrected chi connectivity index (χ3v) is 3.09. The van der Waals surface area contributed by atoms with Crippen molar-refractivity contribution in [1.82, 2.24) is 25.2 Å². The summed E-state index contributed by atoms with van der Waals surface area (Å²) < 4.78 is 1.33. The van der Waals surface area contributed by atoms with Crippen molar-refractivity contribution in [2.75, 3.05) is 0 Å². The molecule has 0 radical (unpaired) electrons. The molecule has 0 saturated heterocycles. The molecule has 0 bridgehead atoms. The fraction of sp³-hybridized carbons (Fsp3) is 0.125. The second-order valence-electron chi connectivity index (χ2n) is 3.30. The Morgan fingerprint density at radius 1 is 1.58 bits per heavy atom. The Kier molecular flexibility index (Phi) is 3.37. The monoisotopic (exact) mass is 282 g/mol. The highest BCUT2D eigenvalue weighted by Gasteiger charge is 2.19. The van der Waals surface area contributed by atoms with Crippen molar-refractivity contribution in [2.24, 2.45) is 7.05 Å². The molecule has 98 valence electrons. The molecule has 2 rings (SSSR count). The van der Waals surface area contributed by atoms with E-state index in [1.807, 2.05) is 0 Å². The van der Waals surface area contributed by atoms with Gasteiger partial charge in [-0.15, -0.1) is 5.10 Å². The molecule has 0 fully saturated rings. The van der Waals surface area contributed by atoms with Crippen molar-refractivity contribution in [3.8, 4) is 0 Å². The number of aryl methyl sites for hydroxylation is 1. The van der Waals surface area contributed by atoms with Crippen LogP contribution < -0.4 is 0 Å². The molecule has 10 nitrogen and oxygen atoms in total. The van der Waals surface area contributed by atoms with Crippen LogP contribution in [0.15, 0.2) is 22.4 Å². The quantitative estimate of drug-likeness (QED) is 0.622. The second kappa shape index (κ2) is 4.97. The number of hydrogen-bond acceptors (Lipinski definition) is 8. The highest BCUT2D eigenvalue weighted by molar-refractivity contribution is 7.99. The van der Waals surface area contributed by atoms with Crippen LogP contribution in [0.5, 0.6) is 0 Å². The number of aromatic carboxylic acids is 1. The normalized spacial score (nSPS) is 10.4. The number of carboxylic acid groups (broad SMARTS) is 1. The lowest BCUT2D eigenvalue weighted by atomic mass is 10.3. The van der Waals surface area contributed by atoms with Crippen LogP contribution in [-0.4, -0.2) is 41.2 Å². The SMILES string of the molecule is Cn1nnnc1Sc1ncc([N+](=O)[O-])cc1C(=O)O. The first kappa shape index (κ1) is 12.9. The van der Waals surface area contributed by atoms with E-state index < -0.39 is 16.6 Å². The van der Waals surface area contributed by atoms with Crippen molar-refractivity contribution >= 4 is 23.4 Å². The summed E-state index contributed by atoms with van der Waals surface area (Å²) in [4.78, 5) is 24.7. The maximum Gasteiger partial charge on any atom is 0.338 e. The third kappa shape index (κ3) is 2.65. The molecular weight excluding hydrogens is 276 g/mol. The molecule has 19 heavy (non-hydrogen) atoms. The molecule has 2 heterocycles. The van der Waals surface area contributed by atoms with E-state index >= 15 is 0 Å².